The monoisotopic (exact) mass is 468 g/mol. The first-order valence-electron chi connectivity index (χ1n) is 11.0. The summed E-state index contributed by atoms with van der Waals surface area (Å²) < 4.78 is 38.8. The summed E-state index contributed by atoms with van der Waals surface area (Å²) in [5.74, 6) is 0.110. The average molecular weight is 469 g/mol. The topological polar surface area (TPSA) is 58.2 Å². The molecule has 0 bridgehead atoms. The maximum Gasteiger partial charge on any atom is 0.416 e. The van der Waals surface area contributed by atoms with Gasteiger partial charge >= 0.3 is 12.2 Å². The van der Waals surface area contributed by atoms with E-state index in [9.17, 15) is 22.8 Å². The third kappa shape index (κ3) is 6.47. The second-order valence-corrected chi connectivity index (χ2v) is 8.25. The van der Waals surface area contributed by atoms with Crippen LogP contribution in [0.5, 0.6) is 0 Å². The molecular weight excluding hydrogens is 441 g/mol. The Labute approximate surface area is 197 Å². The van der Waals surface area contributed by atoms with Crippen LogP contribution in [0.4, 0.5) is 23.7 Å². The second kappa shape index (κ2) is 10.5. The molecule has 2 amide bonds. The molecule has 4 nitrogen and oxygen atoms in total. The van der Waals surface area contributed by atoms with E-state index in [2.05, 4.69) is 10.6 Å². The number of alkyl halides is 3. The molecule has 178 valence electrons. The highest BCUT2D eigenvalue weighted by Crippen LogP contribution is 2.32. The number of rotatable bonds is 7. The van der Waals surface area contributed by atoms with Crippen molar-refractivity contribution in [3.05, 3.63) is 99.6 Å². The number of hydrogen-bond donors (Lipinski definition) is 2. The molecule has 3 aromatic carbocycles. The SMILES string of the molecule is CCC(=O)c1cccc(Cc2ccc(CNC(=O)Nc3cc(C(F)(F)F)ccc3C)cc2C)c1. The number of anilines is 1. The maximum absolute atomic E-state index is 12.9. The predicted octanol–water partition coefficient (Wildman–Crippen LogP) is 6.83. The minimum absolute atomic E-state index is 0.110. The van der Waals surface area contributed by atoms with Crippen LogP contribution in [0.1, 0.15) is 57.1 Å². The Morgan fingerprint density at radius 1 is 0.882 bits per heavy atom. The van der Waals surface area contributed by atoms with Gasteiger partial charge in [0.25, 0.3) is 0 Å². The molecule has 7 heteroatoms. The lowest BCUT2D eigenvalue weighted by molar-refractivity contribution is -0.137. The Bertz CT molecular complexity index is 1200. The molecule has 0 aromatic heterocycles. The van der Waals surface area contributed by atoms with Crippen LogP contribution in [-0.2, 0) is 19.1 Å². The molecule has 2 N–H and O–H groups in total. The molecule has 0 spiro atoms. The van der Waals surface area contributed by atoms with E-state index in [1.807, 2.05) is 56.3 Å². The number of amides is 2. The molecule has 0 aliphatic rings. The number of urea groups is 1. The van der Waals surface area contributed by atoms with Gasteiger partial charge in [0.2, 0.25) is 0 Å². The van der Waals surface area contributed by atoms with Gasteiger partial charge in [0.1, 0.15) is 0 Å². The molecule has 0 atom stereocenters. The van der Waals surface area contributed by atoms with Gasteiger partial charge in [-0.1, -0.05) is 49.4 Å². The van der Waals surface area contributed by atoms with E-state index < -0.39 is 17.8 Å². The highest BCUT2D eigenvalue weighted by molar-refractivity contribution is 5.96. The van der Waals surface area contributed by atoms with Gasteiger partial charge < -0.3 is 10.6 Å². The summed E-state index contributed by atoms with van der Waals surface area (Å²) in [5, 5.41) is 5.18. The number of hydrogen-bond acceptors (Lipinski definition) is 2. The molecule has 0 saturated heterocycles. The Balaban J connectivity index is 1.62. The molecule has 0 unspecified atom stereocenters. The smallest absolute Gasteiger partial charge is 0.334 e. The van der Waals surface area contributed by atoms with Crippen molar-refractivity contribution in [2.45, 2.75) is 46.3 Å². The largest absolute Gasteiger partial charge is 0.416 e. The third-order valence-electron chi connectivity index (χ3n) is 5.64. The number of nitrogens with one attached hydrogen (secondary N) is 2. The van der Waals surface area contributed by atoms with Crippen LogP contribution in [-0.4, -0.2) is 11.8 Å². The fourth-order valence-corrected chi connectivity index (χ4v) is 3.63. The van der Waals surface area contributed by atoms with E-state index in [0.717, 1.165) is 34.4 Å². The van der Waals surface area contributed by atoms with Crippen LogP contribution >= 0.6 is 0 Å². The summed E-state index contributed by atoms with van der Waals surface area (Å²) in [5.41, 5.74) is 4.60. The predicted molar refractivity (Wildman–Crippen MR) is 127 cm³/mol. The van der Waals surface area contributed by atoms with E-state index in [1.54, 1.807) is 6.92 Å². The van der Waals surface area contributed by atoms with Gasteiger partial charge in [-0.2, -0.15) is 13.2 Å². The van der Waals surface area contributed by atoms with Crippen molar-refractivity contribution in [3.8, 4) is 0 Å². The quantitative estimate of drug-likeness (QED) is 0.374. The van der Waals surface area contributed by atoms with Gasteiger partial charge in [-0.05, 0) is 66.3 Å². The van der Waals surface area contributed by atoms with E-state index in [0.29, 0.717) is 24.0 Å². The van der Waals surface area contributed by atoms with Crippen molar-refractivity contribution in [3.63, 3.8) is 0 Å². The lowest BCUT2D eigenvalue weighted by atomic mass is 9.96. The van der Waals surface area contributed by atoms with Crippen molar-refractivity contribution in [2.75, 3.05) is 5.32 Å². The van der Waals surface area contributed by atoms with Gasteiger partial charge in [0.15, 0.2) is 5.78 Å². The Hall–Kier alpha value is -3.61. The fourth-order valence-electron chi connectivity index (χ4n) is 3.63. The van der Waals surface area contributed by atoms with Crippen LogP contribution in [0.3, 0.4) is 0 Å². The van der Waals surface area contributed by atoms with E-state index in [-0.39, 0.29) is 18.0 Å². The number of ketones is 1. The first-order chi connectivity index (χ1) is 16.1. The fraction of sp³-hybridized carbons (Fsp3) is 0.259. The van der Waals surface area contributed by atoms with Crippen molar-refractivity contribution in [1.29, 1.82) is 0 Å². The Morgan fingerprint density at radius 2 is 1.65 bits per heavy atom. The highest BCUT2D eigenvalue weighted by atomic mass is 19.4. The van der Waals surface area contributed by atoms with Gasteiger partial charge in [0, 0.05) is 24.2 Å². The van der Waals surface area contributed by atoms with Gasteiger partial charge in [-0.3, -0.25) is 4.79 Å². The molecule has 0 fully saturated rings. The number of benzene rings is 3. The van der Waals surface area contributed by atoms with Crippen molar-refractivity contribution in [2.24, 2.45) is 0 Å². The number of carbonyl (C=O) groups excluding carboxylic acids is 2. The summed E-state index contributed by atoms with van der Waals surface area (Å²) >= 11 is 0. The standard InChI is InChI=1S/C27H27F3N2O2/c1-4-25(33)22-7-5-6-19(14-22)13-21-10-9-20(12-18(21)3)16-31-26(34)32-24-15-23(27(28,29)30)11-8-17(24)2/h5-12,14-15H,4,13,16H2,1-3H3,(H2,31,32,34). The lowest BCUT2D eigenvalue weighted by Gasteiger charge is -2.14. The number of carbonyl (C=O) groups is 2. The summed E-state index contributed by atoms with van der Waals surface area (Å²) in [6.07, 6.45) is -3.34. The normalized spacial score (nSPS) is 11.2. The zero-order valence-electron chi connectivity index (χ0n) is 19.3. The van der Waals surface area contributed by atoms with E-state index >= 15 is 0 Å². The van der Waals surface area contributed by atoms with Crippen LogP contribution in [0, 0.1) is 13.8 Å². The number of aryl methyl sites for hydroxylation is 2. The maximum atomic E-state index is 12.9. The molecule has 3 rings (SSSR count). The van der Waals surface area contributed by atoms with Crippen LogP contribution in [0.2, 0.25) is 0 Å². The zero-order chi connectivity index (χ0) is 24.9. The van der Waals surface area contributed by atoms with E-state index in [4.69, 9.17) is 0 Å². The van der Waals surface area contributed by atoms with Crippen LogP contribution in [0.25, 0.3) is 0 Å². The second-order valence-electron chi connectivity index (χ2n) is 8.25. The van der Waals surface area contributed by atoms with Crippen molar-refractivity contribution >= 4 is 17.5 Å². The molecule has 0 radical (unpaired) electrons. The molecule has 0 aliphatic carbocycles. The zero-order valence-corrected chi connectivity index (χ0v) is 19.3. The van der Waals surface area contributed by atoms with Gasteiger partial charge in [-0.15, -0.1) is 0 Å². The summed E-state index contributed by atoms with van der Waals surface area (Å²) in [6.45, 7) is 5.68. The molecule has 34 heavy (non-hydrogen) atoms. The van der Waals surface area contributed by atoms with Gasteiger partial charge in [-0.25, -0.2) is 4.79 Å². The number of halogens is 3. The van der Waals surface area contributed by atoms with Crippen molar-refractivity contribution in [1.82, 2.24) is 5.32 Å². The summed E-state index contributed by atoms with van der Waals surface area (Å²) in [6, 6.07) is 16.1. The Morgan fingerprint density at radius 3 is 2.32 bits per heavy atom. The molecular formula is C27H27F3N2O2. The summed E-state index contributed by atoms with van der Waals surface area (Å²) in [4.78, 5) is 24.2. The first-order valence-corrected chi connectivity index (χ1v) is 11.0. The lowest BCUT2D eigenvalue weighted by Crippen LogP contribution is -2.28. The molecule has 3 aromatic rings. The molecule has 0 heterocycles. The minimum atomic E-state index is -4.48. The third-order valence-corrected chi connectivity index (χ3v) is 5.64. The van der Waals surface area contributed by atoms with Crippen LogP contribution < -0.4 is 10.6 Å². The summed E-state index contributed by atoms with van der Waals surface area (Å²) in [7, 11) is 0. The molecule has 0 saturated carbocycles. The van der Waals surface area contributed by atoms with Crippen LogP contribution in [0.15, 0.2) is 60.7 Å². The molecule has 0 aliphatic heterocycles. The van der Waals surface area contributed by atoms with Gasteiger partial charge in [0.05, 0.1) is 5.56 Å². The van der Waals surface area contributed by atoms with E-state index in [1.165, 1.54) is 6.07 Å². The average Bonchev–Trinajstić information content (AvgIpc) is 2.79. The minimum Gasteiger partial charge on any atom is -0.334 e. The van der Waals surface area contributed by atoms with Crippen molar-refractivity contribution < 1.29 is 22.8 Å². The highest BCUT2D eigenvalue weighted by Gasteiger charge is 2.30. The first kappa shape index (κ1) is 25.0. The Kier molecular flexibility index (Phi) is 7.76. The number of Topliss-reactive ketones (excluding diaryl/α,β-unsaturated/α-hetero) is 1.